The van der Waals surface area contributed by atoms with E-state index in [9.17, 15) is 4.39 Å². The van der Waals surface area contributed by atoms with Gasteiger partial charge in [-0.2, -0.15) is 0 Å². The Bertz CT molecular complexity index is 464. The molecule has 0 spiro atoms. The summed E-state index contributed by atoms with van der Waals surface area (Å²) in [5.41, 5.74) is 6.05. The van der Waals surface area contributed by atoms with Gasteiger partial charge in [0, 0.05) is 0 Å². The van der Waals surface area contributed by atoms with Crippen LogP contribution < -0.4 is 10.5 Å². The lowest BCUT2D eigenvalue weighted by Gasteiger charge is -1.97. The minimum atomic E-state index is -0.319. The number of nitrogens with two attached hydrogens (primary N) is 1. The van der Waals surface area contributed by atoms with Crippen molar-refractivity contribution in [2.75, 3.05) is 7.11 Å². The Morgan fingerprint density at radius 1 is 1.50 bits per heavy atom. The summed E-state index contributed by atoms with van der Waals surface area (Å²) in [6.07, 6.45) is 0. The summed E-state index contributed by atoms with van der Waals surface area (Å²) in [4.78, 5) is 0. The number of benzene rings is 1. The first kappa shape index (κ1) is 9.02. The molecule has 0 aliphatic heterocycles. The first-order valence-corrected chi connectivity index (χ1v) is 4.21. The fourth-order valence-corrected chi connectivity index (χ4v) is 1.46. The monoisotopic (exact) mass is 195 g/mol. The average Bonchev–Trinajstić information content (AvgIpc) is 2.54. The number of hydrogen-bond donors (Lipinski definition) is 1. The van der Waals surface area contributed by atoms with E-state index < -0.39 is 0 Å². The maximum absolute atomic E-state index is 12.9. The minimum absolute atomic E-state index is 0.236. The Hall–Kier alpha value is -1.55. The fourth-order valence-electron chi connectivity index (χ4n) is 1.46. The van der Waals surface area contributed by atoms with Crippen LogP contribution in [0.1, 0.15) is 5.76 Å². The van der Waals surface area contributed by atoms with Crippen molar-refractivity contribution in [1.82, 2.24) is 0 Å². The highest BCUT2D eigenvalue weighted by molar-refractivity contribution is 5.85. The van der Waals surface area contributed by atoms with E-state index in [1.54, 1.807) is 6.07 Å². The molecule has 0 aliphatic rings. The third-order valence-corrected chi connectivity index (χ3v) is 2.06. The minimum Gasteiger partial charge on any atom is -0.492 e. The van der Waals surface area contributed by atoms with Gasteiger partial charge < -0.3 is 14.9 Å². The van der Waals surface area contributed by atoms with E-state index in [0.29, 0.717) is 22.5 Å². The van der Waals surface area contributed by atoms with Crippen LogP contribution in [0, 0.1) is 5.82 Å². The summed E-state index contributed by atoms with van der Waals surface area (Å²) in [6.45, 7) is 0.236. The molecule has 2 aromatic rings. The van der Waals surface area contributed by atoms with Gasteiger partial charge in [0.05, 0.1) is 19.0 Å². The molecule has 1 heterocycles. The maximum atomic E-state index is 12.9. The van der Waals surface area contributed by atoms with Crippen LogP contribution in [0.15, 0.2) is 22.6 Å². The Labute approximate surface area is 80.3 Å². The Morgan fingerprint density at radius 2 is 2.29 bits per heavy atom. The lowest BCUT2D eigenvalue weighted by Crippen LogP contribution is -1.96. The summed E-state index contributed by atoms with van der Waals surface area (Å²) >= 11 is 0. The number of rotatable bonds is 2. The fraction of sp³-hybridized carbons (Fsp3) is 0.200. The third-order valence-electron chi connectivity index (χ3n) is 2.06. The molecule has 0 radical (unpaired) electrons. The van der Waals surface area contributed by atoms with Crippen LogP contribution in [-0.2, 0) is 6.54 Å². The van der Waals surface area contributed by atoms with Gasteiger partial charge in [-0.05, 0) is 18.2 Å². The predicted octanol–water partition coefficient (Wildman–Crippen LogP) is 2.04. The molecular formula is C10H10FNO2. The molecule has 0 bridgehead atoms. The van der Waals surface area contributed by atoms with Crippen molar-refractivity contribution in [2.45, 2.75) is 6.54 Å². The van der Waals surface area contributed by atoms with Gasteiger partial charge in [0.1, 0.15) is 11.4 Å². The molecule has 0 aliphatic carbocycles. The van der Waals surface area contributed by atoms with Crippen molar-refractivity contribution in [3.05, 3.63) is 29.8 Å². The number of ether oxygens (including phenoxy) is 1. The molecule has 1 aromatic carbocycles. The van der Waals surface area contributed by atoms with Gasteiger partial charge in [0.2, 0.25) is 0 Å². The molecule has 4 heteroatoms. The van der Waals surface area contributed by atoms with E-state index in [2.05, 4.69) is 0 Å². The van der Waals surface area contributed by atoms with E-state index in [4.69, 9.17) is 14.9 Å². The summed E-state index contributed by atoms with van der Waals surface area (Å²) in [7, 11) is 1.51. The van der Waals surface area contributed by atoms with Gasteiger partial charge in [-0.3, -0.25) is 0 Å². The van der Waals surface area contributed by atoms with Crippen molar-refractivity contribution in [3.63, 3.8) is 0 Å². The lowest BCUT2D eigenvalue weighted by molar-refractivity contribution is 0.397. The van der Waals surface area contributed by atoms with E-state index in [1.807, 2.05) is 0 Å². The lowest BCUT2D eigenvalue weighted by atomic mass is 10.2. The molecule has 2 N–H and O–H groups in total. The van der Waals surface area contributed by atoms with Gasteiger partial charge in [-0.1, -0.05) is 0 Å². The van der Waals surface area contributed by atoms with Gasteiger partial charge in [-0.15, -0.1) is 0 Å². The second-order valence-corrected chi connectivity index (χ2v) is 2.90. The van der Waals surface area contributed by atoms with Crippen LogP contribution in [0.5, 0.6) is 5.75 Å². The number of furan rings is 1. The van der Waals surface area contributed by atoms with Gasteiger partial charge >= 0.3 is 0 Å². The predicted molar refractivity (Wildman–Crippen MR) is 50.6 cm³/mol. The van der Waals surface area contributed by atoms with Crippen molar-refractivity contribution in [1.29, 1.82) is 0 Å². The zero-order valence-corrected chi connectivity index (χ0v) is 7.71. The highest BCUT2D eigenvalue weighted by Crippen LogP contribution is 2.32. The summed E-state index contributed by atoms with van der Waals surface area (Å²) in [6, 6.07) is 4.27. The van der Waals surface area contributed by atoms with Gasteiger partial charge in [0.25, 0.3) is 0 Å². The molecule has 0 unspecified atom stereocenters. The molecule has 74 valence electrons. The molecule has 0 atom stereocenters. The Balaban J connectivity index is 2.74. The van der Waals surface area contributed by atoms with E-state index in [-0.39, 0.29) is 12.4 Å². The van der Waals surface area contributed by atoms with Gasteiger partial charge in [-0.25, -0.2) is 4.39 Å². The van der Waals surface area contributed by atoms with Gasteiger partial charge in [0.15, 0.2) is 11.5 Å². The molecule has 3 nitrogen and oxygen atoms in total. The first-order chi connectivity index (χ1) is 6.76. The SMILES string of the molecule is COc1c(CN)oc2ccc(F)cc12. The van der Waals surface area contributed by atoms with Crippen molar-refractivity contribution in [3.8, 4) is 5.75 Å². The normalized spacial score (nSPS) is 10.8. The van der Waals surface area contributed by atoms with Crippen LogP contribution in [-0.4, -0.2) is 7.11 Å². The van der Waals surface area contributed by atoms with Crippen LogP contribution >= 0.6 is 0 Å². The van der Waals surface area contributed by atoms with E-state index in [1.165, 1.54) is 19.2 Å². The van der Waals surface area contributed by atoms with Crippen LogP contribution in [0.4, 0.5) is 4.39 Å². The van der Waals surface area contributed by atoms with Crippen molar-refractivity contribution in [2.24, 2.45) is 5.73 Å². The smallest absolute Gasteiger partial charge is 0.169 e. The van der Waals surface area contributed by atoms with E-state index in [0.717, 1.165) is 0 Å². The summed E-state index contributed by atoms with van der Waals surface area (Å²) < 4.78 is 23.4. The molecule has 2 rings (SSSR count). The Morgan fingerprint density at radius 3 is 2.93 bits per heavy atom. The van der Waals surface area contributed by atoms with Crippen molar-refractivity contribution < 1.29 is 13.5 Å². The standard InChI is InChI=1S/C10H10FNO2/c1-13-10-7-4-6(11)2-3-8(7)14-9(10)5-12/h2-4H,5,12H2,1H3. The highest BCUT2D eigenvalue weighted by atomic mass is 19.1. The van der Waals surface area contributed by atoms with Crippen molar-refractivity contribution >= 4 is 11.0 Å². The summed E-state index contributed by atoms with van der Waals surface area (Å²) in [5, 5.41) is 0.618. The van der Waals surface area contributed by atoms with Crippen LogP contribution in [0.2, 0.25) is 0 Å². The molecule has 1 aromatic heterocycles. The topological polar surface area (TPSA) is 48.4 Å². The maximum Gasteiger partial charge on any atom is 0.169 e. The number of halogens is 1. The second-order valence-electron chi connectivity index (χ2n) is 2.90. The average molecular weight is 195 g/mol. The molecule has 14 heavy (non-hydrogen) atoms. The third kappa shape index (κ3) is 1.24. The second kappa shape index (κ2) is 3.31. The Kier molecular flexibility index (Phi) is 2.13. The molecule has 0 amide bonds. The molecule has 0 saturated heterocycles. The van der Waals surface area contributed by atoms with Crippen LogP contribution in [0.3, 0.4) is 0 Å². The van der Waals surface area contributed by atoms with Crippen LogP contribution in [0.25, 0.3) is 11.0 Å². The zero-order chi connectivity index (χ0) is 10.1. The highest BCUT2D eigenvalue weighted by Gasteiger charge is 2.13. The quantitative estimate of drug-likeness (QED) is 0.797. The number of fused-ring (bicyclic) bond motifs is 1. The molecular weight excluding hydrogens is 185 g/mol. The molecule has 0 saturated carbocycles. The first-order valence-electron chi connectivity index (χ1n) is 4.21. The number of hydrogen-bond acceptors (Lipinski definition) is 3. The molecule has 0 fully saturated rings. The summed E-state index contributed by atoms with van der Waals surface area (Å²) in [5.74, 6) is 0.732. The zero-order valence-electron chi connectivity index (χ0n) is 7.71. The van der Waals surface area contributed by atoms with E-state index >= 15 is 0 Å². The number of methoxy groups -OCH3 is 1. The largest absolute Gasteiger partial charge is 0.492 e.